The van der Waals surface area contributed by atoms with Gasteiger partial charge in [0, 0.05) is 19.3 Å². The number of hydrogen-bond donors (Lipinski definition) is 2. The summed E-state index contributed by atoms with van der Waals surface area (Å²) >= 11 is 0. The Balaban J connectivity index is 1.95. The minimum absolute atomic E-state index is 0.111. The number of carbonyl (C=O) groups is 1. The van der Waals surface area contributed by atoms with E-state index in [2.05, 4.69) is 17.0 Å². The summed E-state index contributed by atoms with van der Waals surface area (Å²) in [5.41, 5.74) is 1.41. The molecule has 0 atom stereocenters. The van der Waals surface area contributed by atoms with Crippen LogP contribution in [0.3, 0.4) is 0 Å². The van der Waals surface area contributed by atoms with E-state index in [1.165, 1.54) is 17.0 Å². The molecule has 2 amide bonds. The summed E-state index contributed by atoms with van der Waals surface area (Å²) in [5, 5.41) is 16.0. The fourth-order valence-electron chi connectivity index (χ4n) is 2.02. The van der Waals surface area contributed by atoms with Crippen molar-refractivity contribution in [2.75, 3.05) is 19.7 Å². The number of nitrogens with one attached hydrogen (secondary N) is 1. The number of amides is 2. The summed E-state index contributed by atoms with van der Waals surface area (Å²) in [6, 6.07) is 7.44. The smallest absolute Gasteiger partial charge is 0.318 e. The van der Waals surface area contributed by atoms with Gasteiger partial charge in [0.25, 0.3) is 0 Å². The first-order chi connectivity index (χ1) is 11.1. The molecule has 0 saturated carbocycles. The topological polar surface area (TPSA) is 70.4 Å². The molecule has 0 radical (unpaired) electrons. The van der Waals surface area contributed by atoms with Crippen LogP contribution in [0.2, 0.25) is 0 Å². The third-order valence-electron chi connectivity index (χ3n) is 3.16. The molecule has 0 aliphatic carbocycles. The van der Waals surface area contributed by atoms with Gasteiger partial charge in [0.15, 0.2) is 0 Å². The summed E-state index contributed by atoms with van der Waals surface area (Å²) in [6.45, 7) is 4.32. The molecule has 1 aromatic heterocycles. The second-order valence-electron chi connectivity index (χ2n) is 4.85. The molecule has 122 valence electrons. The number of rotatable bonds is 7. The number of halogens is 1. The molecule has 1 heterocycles. The van der Waals surface area contributed by atoms with Crippen LogP contribution in [0.5, 0.6) is 0 Å². The van der Waals surface area contributed by atoms with Gasteiger partial charge in [-0.2, -0.15) is 5.10 Å². The zero-order valence-electron chi connectivity index (χ0n) is 12.7. The summed E-state index contributed by atoms with van der Waals surface area (Å²) in [4.78, 5) is 13.4. The largest absolute Gasteiger partial charge is 0.395 e. The third kappa shape index (κ3) is 4.65. The molecule has 0 bridgehead atoms. The molecule has 1 aromatic carbocycles. The number of aromatic nitrogens is 2. The number of benzene rings is 1. The lowest BCUT2D eigenvalue weighted by Gasteiger charge is -2.20. The van der Waals surface area contributed by atoms with E-state index >= 15 is 0 Å². The first-order valence-electron chi connectivity index (χ1n) is 7.19. The van der Waals surface area contributed by atoms with Gasteiger partial charge < -0.3 is 15.3 Å². The first-order valence-corrected chi connectivity index (χ1v) is 7.19. The van der Waals surface area contributed by atoms with Crippen LogP contribution in [0.4, 0.5) is 9.18 Å². The Hall–Kier alpha value is -2.67. The van der Waals surface area contributed by atoms with Crippen molar-refractivity contribution < 1.29 is 14.3 Å². The lowest BCUT2D eigenvalue weighted by atomic mass is 10.3. The van der Waals surface area contributed by atoms with E-state index < -0.39 is 0 Å². The highest BCUT2D eigenvalue weighted by Gasteiger charge is 2.11. The molecule has 0 spiro atoms. The Bertz CT molecular complexity index is 654. The van der Waals surface area contributed by atoms with E-state index in [0.29, 0.717) is 12.2 Å². The predicted molar refractivity (Wildman–Crippen MR) is 84.6 cm³/mol. The second kappa shape index (κ2) is 8.09. The molecule has 0 saturated heterocycles. The van der Waals surface area contributed by atoms with Crippen molar-refractivity contribution in [2.45, 2.75) is 6.54 Å². The molecule has 0 unspecified atom stereocenters. The molecule has 6 nitrogen and oxygen atoms in total. The van der Waals surface area contributed by atoms with E-state index in [4.69, 9.17) is 5.11 Å². The van der Waals surface area contributed by atoms with Crippen molar-refractivity contribution >= 4 is 6.03 Å². The van der Waals surface area contributed by atoms with E-state index in [0.717, 1.165) is 5.69 Å². The van der Waals surface area contributed by atoms with Crippen molar-refractivity contribution in [3.05, 3.63) is 60.7 Å². The Morgan fingerprint density at radius 1 is 1.39 bits per heavy atom. The molecule has 7 heteroatoms. The Morgan fingerprint density at radius 2 is 2.13 bits per heavy atom. The van der Waals surface area contributed by atoms with E-state index in [-0.39, 0.29) is 31.5 Å². The predicted octanol–water partition coefficient (Wildman–Crippen LogP) is 1.70. The van der Waals surface area contributed by atoms with E-state index in [9.17, 15) is 9.18 Å². The maximum absolute atomic E-state index is 12.9. The number of hydrogen-bond acceptors (Lipinski definition) is 3. The Morgan fingerprint density at radius 3 is 2.78 bits per heavy atom. The normalized spacial score (nSPS) is 10.3. The molecule has 23 heavy (non-hydrogen) atoms. The maximum Gasteiger partial charge on any atom is 0.318 e. The summed E-state index contributed by atoms with van der Waals surface area (Å²) in [7, 11) is 0. The number of carbonyl (C=O) groups excluding carboxylic acids is 1. The highest BCUT2D eigenvalue weighted by Crippen LogP contribution is 2.09. The molecule has 2 aromatic rings. The van der Waals surface area contributed by atoms with Crippen LogP contribution in [0.25, 0.3) is 5.69 Å². The Labute approximate surface area is 133 Å². The van der Waals surface area contributed by atoms with Crippen LogP contribution in [-0.2, 0) is 6.54 Å². The highest BCUT2D eigenvalue weighted by molar-refractivity contribution is 5.74. The van der Waals surface area contributed by atoms with Crippen LogP contribution >= 0.6 is 0 Å². The van der Waals surface area contributed by atoms with Gasteiger partial charge in [-0.1, -0.05) is 6.08 Å². The monoisotopic (exact) mass is 318 g/mol. The van der Waals surface area contributed by atoms with Gasteiger partial charge in [0.1, 0.15) is 5.82 Å². The summed E-state index contributed by atoms with van der Waals surface area (Å²) < 4.78 is 14.5. The van der Waals surface area contributed by atoms with Crippen LogP contribution in [0, 0.1) is 5.82 Å². The van der Waals surface area contributed by atoms with Gasteiger partial charge in [0.05, 0.1) is 24.5 Å². The van der Waals surface area contributed by atoms with Gasteiger partial charge in [-0.05, 0) is 30.3 Å². The van der Waals surface area contributed by atoms with Crippen LogP contribution in [0.15, 0.2) is 49.2 Å². The summed E-state index contributed by atoms with van der Waals surface area (Å²) in [6.07, 6.45) is 3.34. The van der Waals surface area contributed by atoms with Gasteiger partial charge >= 0.3 is 6.03 Å². The highest BCUT2D eigenvalue weighted by atomic mass is 19.1. The molecule has 0 aliphatic rings. The van der Waals surface area contributed by atoms with Gasteiger partial charge in [-0.25, -0.2) is 13.9 Å². The van der Waals surface area contributed by atoms with Crippen LogP contribution < -0.4 is 5.32 Å². The zero-order chi connectivity index (χ0) is 16.7. The van der Waals surface area contributed by atoms with E-state index in [1.807, 2.05) is 0 Å². The van der Waals surface area contributed by atoms with E-state index in [1.54, 1.807) is 35.2 Å². The number of aliphatic hydroxyl groups is 1. The van der Waals surface area contributed by atoms with Gasteiger partial charge in [-0.15, -0.1) is 6.58 Å². The molecule has 0 fully saturated rings. The quantitative estimate of drug-likeness (QED) is 0.764. The first kappa shape index (κ1) is 16.7. The lowest BCUT2D eigenvalue weighted by molar-refractivity contribution is 0.183. The van der Waals surface area contributed by atoms with Crippen molar-refractivity contribution in [1.29, 1.82) is 0 Å². The number of nitrogens with zero attached hydrogens (tertiary/aromatic N) is 3. The van der Waals surface area contributed by atoms with Crippen LogP contribution in [0.1, 0.15) is 5.69 Å². The van der Waals surface area contributed by atoms with Gasteiger partial charge in [0.2, 0.25) is 0 Å². The fourth-order valence-corrected chi connectivity index (χ4v) is 2.02. The van der Waals surface area contributed by atoms with Crippen molar-refractivity contribution in [3.63, 3.8) is 0 Å². The third-order valence-corrected chi connectivity index (χ3v) is 3.16. The maximum atomic E-state index is 12.9. The number of aliphatic hydroxyl groups excluding tert-OH is 1. The molecular weight excluding hydrogens is 299 g/mol. The lowest BCUT2D eigenvalue weighted by Crippen LogP contribution is -2.41. The average molecular weight is 318 g/mol. The molecular formula is C16H19FN4O2. The molecule has 2 rings (SSSR count). The number of urea groups is 1. The van der Waals surface area contributed by atoms with Crippen molar-refractivity contribution in [2.24, 2.45) is 0 Å². The molecule has 2 N–H and O–H groups in total. The minimum atomic E-state index is -0.306. The zero-order valence-corrected chi connectivity index (χ0v) is 12.7. The van der Waals surface area contributed by atoms with Crippen molar-refractivity contribution in [1.82, 2.24) is 20.0 Å². The summed E-state index contributed by atoms with van der Waals surface area (Å²) in [5.74, 6) is -0.306. The fraction of sp³-hybridized carbons (Fsp3) is 0.250. The SMILES string of the molecule is C=CCN(CCO)C(=O)NCc1ccn(-c2ccc(F)cc2)n1. The standard InChI is InChI=1S/C16H19FN4O2/c1-2-8-20(10-11-22)16(23)18-12-14-7-9-21(19-14)15-5-3-13(17)4-6-15/h2-7,9,22H,1,8,10-12H2,(H,18,23). The van der Waals surface area contributed by atoms with Crippen LogP contribution in [-0.4, -0.2) is 45.5 Å². The molecule has 0 aliphatic heterocycles. The Kier molecular flexibility index (Phi) is 5.87. The minimum Gasteiger partial charge on any atom is -0.395 e. The van der Waals surface area contributed by atoms with Gasteiger partial charge in [-0.3, -0.25) is 0 Å². The average Bonchev–Trinajstić information content (AvgIpc) is 3.02. The van der Waals surface area contributed by atoms with Crippen molar-refractivity contribution in [3.8, 4) is 5.69 Å². The second-order valence-corrected chi connectivity index (χ2v) is 4.85.